The molecule has 0 aromatic carbocycles. The van der Waals surface area contributed by atoms with Crippen LogP contribution in [0.3, 0.4) is 0 Å². The van der Waals surface area contributed by atoms with Crippen molar-refractivity contribution in [2.45, 2.75) is 174 Å². The summed E-state index contributed by atoms with van der Waals surface area (Å²) in [6.45, 7) is 4.47. The van der Waals surface area contributed by atoms with Gasteiger partial charge in [-0.2, -0.15) is 0 Å². The summed E-state index contributed by atoms with van der Waals surface area (Å²) in [5, 5.41) is 13.7. The van der Waals surface area contributed by atoms with Gasteiger partial charge in [0, 0.05) is 6.42 Å². The summed E-state index contributed by atoms with van der Waals surface area (Å²) in [5.41, 5.74) is 0. The smallest absolute Gasteiger partial charge is 0.268 e. The van der Waals surface area contributed by atoms with E-state index >= 15 is 0 Å². The van der Waals surface area contributed by atoms with E-state index in [1.54, 1.807) is 6.08 Å². The van der Waals surface area contributed by atoms with Crippen LogP contribution in [0.1, 0.15) is 162 Å². The molecule has 1 amide bonds. The molecule has 0 spiro atoms. The number of rotatable bonds is 38. The molecule has 8 nitrogen and oxygen atoms in total. The summed E-state index contributed by atoms with van der Waals surface area (Å²) >= 11 is 0. The molecule has 3 atom stereocenters. The second-order valence-corrected chi connectivity index (χ2v) is 17.1. The Hall–Kier alpha value is -2.06. The van der Waals surface area contributed by atoms with E-state index in [0.29, 0.717) is 17.4 Å². The molecule has 9 heteroatoms. The van der Waals surface area contributed by atoms with Crippen molar-refractivity contribution in [3.8, 4) is 0 Å². The maximum atomic E-state index is 12.8. The highest BCUT2D eigenvalue weighted by Gasteiger charge is 2.23. The highest BCUT2D eigenvalue weighted by atomic mass is 31.2. The van der Waals surface area contributed by atoms with Gasteiger partial charge in [-0.15, -0.1) is 0 Å². The first-order valence-corrected chi connectivity index (χ1v) is 23.3. The SMILES string of the molecule is CC/C=C\C/C=C\C/C=C\C/C=C\CCCCCCC(=O)NC(COP(=O)([O-])OCC[N+](C)(C)C)C(O)/C=C/CC/C=C/CCCCCCCCCCCC. The van der Waals surface area contributed by atoms with E-state index in [9.17, 15) is 19.4 Å². The Labute approximate surface area is 338 Å². The molecule has 0 aliphatic heterocycles. The van der Waals surface area contributed by atoms with Crippen LogP contribution in [0.2, 0.25) is 0 Å². The van der Waals surface area contributed by atoms with E-state index < -0.39 is 26.6 Å². The number of phosphoric ester groups is 1. The highest BCUT2D eigenvalue weighted by Crippen LogP contribution is 2.38. The quantitative estimate of drug-likeness (QED) is 0.0279. The van der Waals surface area contributed by atoms with Crippen molar-refractivity contribution >= 4 is 13.7 Å². The maximum absolute atomic E-state index is 12.8. The van der Waals surface area contributed by atoms with Gasteiger partial charge in [0.2, 0.25) is 5.91 Å². The molecule has 0 radical (unpaired) electrons. The zero-order valence-corrected chi connectivity index (χ0v) is 36.7. The molecule has 0 aliphatic carbocycles. The molecule has 0 heterocycles. The molecule has 55 heavy (non-hydrogen) atoms. The molecular weight excluding hydrogens is 707 g/mol. The van der Waals surface area contributed by atoms with Crippen LogP contribution in [-0.4, -0.2) is 68.5 Å². The topological polar surface area (TPSA) is 108 Å². The van der Waals surface area contributed by atoms with Gasteiger partial charge in [-0.25, -0.2) is 0 Å². The lowest BCUT2D eigenvalue weighted by Crippen LogP contribution is -2.45. The van der Waals surface area contributed by atoms with Gasteiger partial charge in [-0.1, -0.05) is 157 Å². The van der Waals surface area contributed by atoms with Crippen LogP contribution < -0.4 is 10.2 Å². The molecule has 318 valence electrons. The van der Waals surface area contributed by atoms with Gasteiger partial charge < -0.3 is 28.8 Å². The number of hydrogen-bond donors (Lipinski definition) is 2. The van der Waals surface area contributed by atoms with Crippen LogP contribution in [0.5, 0.6) is 0 Å². The molecule has 2 N–H and O–H groups in total. The minimum Gasteiger partial charge on any atom is -0.756 e. The van der Waals surface area contributed by atoms with Gasteiger partial charge in [0.05, 0.1) is 39.9 Å². The Kier molecular flexibility index (Phi) is 36.1. The first kappa shape index (κ1) is 52.9. The molecule has 0 saturated heterocycles. The largest absolute Gasteiger partial charge is 0.756 e. The van der Waals surface area contributed by atoms with Crippen molar-refractivity contribution in [3.63, 3.8) is 0 Å². The third-order valence-corrected chi connectivity index (χ3v) is 10.1. The van der Waals surface area contributed by atoms with Crippen molar-refractivity contribution in [1.29, 1.82) is 0 Å². The number of aliphatic hydroxyl groups is 1. The molecule has 0 aromatic heterocycles. The highest BCUT2D eigenvalue weighted by molar-refractivity contribution is 7.45. The number of hydrogen-bond acceptors (Lipinski definition) is 6. The van der Waals surface area contributed by atoms with Crippen molar-refractivity contribution in [3.05, 3.63) is 72.9 Å². The van der Waals surface area contributed by atoms with E-state index in [2.05, 4.69) is 79.9 Å². The lowest BCUT2D eigenvalue weighted by Gasteiger charge is -2.29. The first-order chi connectivity index (χ1) is 26.5. The number of unbranched alkanes of at least 4 members (excludes halogenated alkanes) is 15. The van der Waals surface area contributed by atoms with E-state index in [0.717, 1.165) is 77.0 Å². The second-order valence-electron chi connectivity index (χ2n) is 15.7. The summed E-state index contributed by atoms with van der Waals surface area (Å²) in [6.07, 6.45) is 49.5. The molecule has 0 saturated carbocycles. The van der Waals surface area contributed by atoms with Gasteiger partial charge >= 0.3 is 0 Å². The van der Waals surface area contributed by atoms with Gasteiger partial charge in [-0.3, -0.25) is 9.36 Å². The number of carbonyl (C=O) groups is 1. The Morgan fingerprint density at radius 2 is 1.13 bits per heavy atom. The third-order valence-electron chi connectivity index (χ3n) is 9.15. The standard InChI is InChI=1S/C46H83N2O6P/c1-6-8-10-12-14-16-18-20-22-24-26-28-30-32-34-36-38-40-46(50)47-44(43-54-55(51,52)53-42-41-48(3,4)5)45(49)39-37-35-33-31-29-27-25-23-21-19-17-15-13-11-9-7-2/h8,10,14,16,20,22,26,28-29,31,37,39,44-45,49H,6-7,9,11-13,15,17-19,21,23-25,27,30,32-36,38,40-43H2,1-5H3,(H-,47,50,51,52)/b10-8-,16-14-,22-20-,28-26-,31-29+,39-37+. The fourth-order valence-corrected chi connectivity index (χ4v) is 6.41. The number of allylic oxidation sites excluding steroid dienone is 11. The minimum absolute atomic E-state index is 0.0151. The molecule has 0 bridgehead atoms. The summed E-state index contributed by atoms with van der Waals surface area (Å²) in [5.74, 6) is -0.235. The minimum atomic E-state index is -4.60. The van der Waals surface area contributed by atoms with Crippen LogP contribution >= 0.6 is 7.82 Å². The Balaban J connectivity index is 4.56. The maximum Gasteiger partial charge on any atom is 0.268 e. The average molecular weight is 791 g/mol. The van der Waals surface area contributed by atoms with Gasteiger partial charge in [0.15, 0.2) is 0 Å². The number of phosphoric acid groups is 1. The van der Waals surface area contributed by atoms with Crippen LogP contribution in [0.4, 0.5) is 0 Å². The molecule has 0 rings (SSSR count). The zero-order valence-electron chi connectivity index (χ0n) is 35.9. The second kappa shape index (κ2) is 37.5. The lowest BCUT2D eigenvalue weighted by atomic mass is 10.1. The fourth-order valence-electron chi connectivity index (χ4n) is 5.69. The van der Waals surface area contributed by atoms with Crippen LogP contribution in [0, 0.1) is 0 Å². The summed E-state index contributed by atoms with van der Waals surface area (Å²) < 4.78 is 23.1. The molecule has 3 unspecified atom stereocenters. The predicted molar refractivity (Wildman–Crippen MR) is 233 cm³/mol. The number of likely N-dealkylation sites (N-methyl/N-ethyl adjacent to an activating group) is 1. The van der Waals surface area contributed by atoms with Gasteiger partial charge in [0.25, 0.3) is 7.82 Å². The summed E-state index contributed by atoms with van der Waals surface area (Å²) in [4.78, 5) is 25.3. The van der Waals surface area contributed by atoms with E-state index in [1.807, 2.05) is 27.2 Å². The van der Waals surface area contributed by atoms with Crippen molar-refractivity contribution in [1.82, 2.24) is 5.32 Å². The Bertz CT molecular complexity index is 1120. The lowest BCUT2D eigenvalue weighted by molar-refractivity contribution is -0.870. The zero-order chi connectivity index (χ0) is 40.7. The molecular formula is C46H83N2O6P. The van der Waals surface area contributed by atoms with Crippen LogP contribution in [0.15, 0.2) is 72.9 Å². The number of nitrogens with zero attached hydrogens (tertiary/aromatic N) is 1. The molecule has 0 fully saturated rings. The normalized spacial score (nSPS) is 15.1. The predicted octanol–water partition coefficient (Wildman–Crippen LogP) is 11.4. The summed E-state index contributed by atoms with van der Waals surface area (Å²) in [7, 11) is 1.21. The van der Waals surface area contributed by atoms with Crippen LogP contribution in [0.25, 0.3) is 0 Å². The van der Waals surface area contributed by atoms with Crippen molar-refractivity contribution < 1.29 is 32.9 Å². The van der Waals surface area contributed by atoms with Crippen molar-refractivity contribution in [2.75, 3.05) is 40.9 Å². The first-order valence-electron chi connectivity index (χ1n) is 21.8. The average Bonchev–Trinajstić information content (AvgIpc) is 3.13. The number of quaternary nitrogens is 1. The van der Waals surface area contributed by atoms with Crippen molar-refractivity contribution in [2.24, 2.45) is 0 Å². The van der Waals surface area contributed by atoms with Gasteiger partial charge in [-0.05, 0) is 70.6 Å². The van der Waals surface area contributed by atoms with E-state index in [-0.39, 0.29) is 12.5 Å². The third kappa shape index (κ3) is 40.0. The Morgan fingerprint density at radius 3 is 1.69 bits per heavy atom. The summed E-state index contributed by atoms with van der Waals surface area (Å²) in [6, 6.07) is -0.918. The fraction of sp³-hybridized carbons (Fsp3) is 0.717. The molecule has 0 aromatic rings. The Morgan fingerprint density at radius 1 is 0.655 bits per heavy atom. The molecule has 0 aliphatic rings. The number of amides is 1. The number of nitrogens with one attached hydrogen (secondary N) is 1. The monoisotopic (exact) mass is 791 g/mol. The van der Waals surface area contributed by atoms with Crippen LogP contribution in [-0.2, 0) is 18.4 Å². The van der Waals surface area contributed by atoms with E-state index in [1.165, 1.54) is 64.2 Å². The number of carbonyl (C=O) groups excluding carboxylic acids is 1. The number of aliphatic hydroxyl groups excluding tert-OH is 1. The van der Waals surface area contributed by atoms with E-state index in [4.69, 9.17) is 9.05 Å². The van der Waals surface area contributed by atoms with Gasteiger partial charge in [0.1, 0.15) is 13.2 Å².